The molecule has 1 rings (SSSR count). The van der Waals surface area contributed by atoms with E-state index in [1.54, 1.807) is 30.3 Å². The SMILES string of the molecule is CO[Si](C=Cc1ccccc1)(OC(F)F)OC(F)(F)F. The fourth-order valence-electron chi connectivity index (χ4n) is 1.30. The predicted octanol–water partition coefficient (Wildman–Crippen LogP) is 3.60. The molecule has 0 heterocycles. The van der Waals surface area contributed by atoms with Gasteiger partial charge in [0, 0.05) is 7.11 Å². The molecule has 9 heteroatoms. The highest BCUT2D eigenvalue weighted by atomic mass is 28.4. The highest BCUT2D eigenvalue weighted by molar-refractivity contribution is 6.67. The molecule has 1 unspecified atom stereocenters. The lowest BCUT2D eigenvalue weighted by atomic mass is 10.2. The topological polar surface area (TPSA) is 27.7 Å². The van der Waals surface area contributed by atoms with Crippen molar-refractivity contribution >= 4 is 14.9 Å². The molecule has 1 atom stereocenters. The quantitative estimate of drug-likeness (QED) is 0.593. The van der Waals surface area contributed by atoms with Gasteiger partial charge in [-0.25, -0.2) is 0 Å². The van der Waals surface area contributed by atoms with E-state index in [4.69, 9.17) is 0 Å². The van der Waals surface area contributed by atoms with E-state index >= 15 is 0 Å². The van der Waals surface area contributed by atoms with Gasteiger partial charge in [-0.15, -0.1) is 13.2 Å². The van der Waals surface area contributed by atoms with Crippen LogP contribution in [0.2, 0.25) is 0 Å². The largest absolute Gasteiger partial charge is 0.539 e. The molecule has 0 amide bonds. The van der Waals surface area contributed by atoms with Crippen LogP contribution in [-0.4, -0.2) is 28.9 Å². The molecule has 0 aliphatic rings. The Labute approximate surface area is 112 Å². The molecule has 0 fully saturated rings. The molecule has 112 valence electrons. The summed E-state index contributed by atoms with van der Waals surface area (Å²) in [5.74, 6) is 0. The molecule has 0 aromatic heterocycles. The number of hydrogen-bond acceptors (Lipinski definition) is 3. The van der Waals surface area contributed by atoms with Gasteiger partial charge in [0.05, 0.1) is 0 Å². The summed E-state index contributed by atoms with van der Waals surface area (Å²) < 4.78 is 73.4. The molecule has 20 heavy (non-hydrogen) atoms. The maximum atomic E-state index is 12.3. The second-order valence-corrected chi connectivity index (χ2v) is 5.87. The van der Waals surface area contributed by atoms with Crippen LogP contribution in [0, 0.1) is 0 Å². The van der Waals surface area contributed by atoms with E-state index in [9.17, 15) is 22.0 Å². The monoisotopic (exact) mass is 314 g/mol. The Bertz CT molecular complexity index is 437. The molecule has 0 N–H and O–H groups in total. The van der Waals surface area contributed by atoms with Crippen molar-refractivity contribution in [1.29, 1.82) is 0 Å². The van der Waals surface area contributed by atoms with Crippen LogP contribution in [0.25, 0.3) is 6.08 Å². The highest BCUT2D eigenvalue weighted by Gasteiger charge is 2.50. The Balaban J connectivity index is 2.99. The number of alkyl halides is 5. The summed E-state index contributed by atoms with van der Waals surface area (Å²) in [5.41, 5.74) is 1.24. The Hall–Kier alpha value is -1.29. The smallest absolute Gasteiger partial charge is 0.374 e. The zero-order chi connectivity index (χ0) is 15.2. The van der Waals surface area contributed by atoms with E-state index in [1.807, 2.05) is 0 Å². The van der Waals surface area contributed by atoms with Crippen LogP contribution in [0.5, 0.6) is 0 Å². The Morgan fingerprint density at radius 3 is 2.20 bits per heavy atom. The third kappa shape index (κ3) is 5.78. The molecule has 0 radical (unpaired) electrons. The van der Waals surface area contributed by atoms with E-state index in [-0.39, 0.29) is 0 Å². The molecule has 3 nitrogen and oxygen atoms in total. The highest BCUT2D eigenvalue weighted by Crippen LogP contribution is 2.27. The summed E-state index contributed by atoms with van der Waals surface area (Å²) in [5, 5.41) is 0. The molecule has 0 aliphatic carbocycles. The molecule has 1 aromatic carbocycles. The van der Waals surface area contributed by atoms with Crippen molar-refractivity contribution in [1.82, 2.24) is 0 Å². The van der Waals surface area contributed by atoms with Crippen molar-refractivity contribution in [3.63, 3.8) is 0 Å². The van der Waals surface area contributed by atoms with Gasteiger partial charge >= 0.3 is 21.8 Å². The maximum Gasteiger partial charge on any atom is 0.539 e. The molecule has 0 bridgehead atoms. The lowest BCUT2D eigenvalue weighted by Crippen LogP contribution is -2.48. The van der Waals surface area contributed by atoms with Gasteiger partial charge in [0.1, 0.15) is 0 Å². The minimum absolute atomic E-state index is 0.491. The average molecular weight is 314 g/mol. The van der Waals surface area contributed by atoms with Gasteiger partial charge in [0.15, 0.2) is 0 Å². The molecule has 1 aromatic rings. The van der Waals surface area contributed by atoms with Crippen molar-refractivity contribution in [2.45, 2.75) is 13.0 Å². The molecule has 0 spiro atoms. The lowest BCUT2D eigenvalue weighted by molar-refractivity contribution is -0.299. The van der Waals surface area contributed by atoms with E-state index in [0.29, 0.717) is 5.56 Å². The van der Waals surface area contributed by atoms with Gasteiger partial charge in [-0.1, -0.05) is 36.4 Å². The summed E-state index contributed by atoms with van der Waals surface area (Å²) in [4.78, 5) is 0. The van der Waals surface area contributed by atoms with Crippen LogP contribution in [0.15, 0.2) is 36.0 Å². The first-order valence-electron chi connectivity index (χ1n) is 5.29. The summed E-state index contributed by atoms with van der Waals surface area (Å²) >= 11 is 0. The van der Waals surface area contributed by atoms with Crippen LogP contribution in [-0.2, 0) is 13.3 Å². The fraction of sp³-hybridized carbons (Fsp3) is 0.273. The zero-order valence-corrected chi connectivity index (χ0v) is 11.2. The number of rotatable bonds is 6. The minimum Gasteiger partial charge on any atom is -0.374 e. The van der Waals surface area contributed by atoms with E-state index in [2.05, 4.69) is 13.3 Å². The first kappa shape index (κ1) is 16.8. The van der Waals surface area contributed by atoms with Gasteiger partial charge in [-0.2, -0.15) is 8.78 Å². The third-order valence-corrected chi connectivity index (χ3v) is 4.24. The standard InChI is InChI=1S/C11H11F5O3Si/c1-17-20(18-10(12)13,19-11(14,15)16)8-7-9-5-3-2-4-6-9/h2-8,10H,1H3. The van der Waals surface area contributed by atoms with Crippen LogP contribution in [0.1, 0.15) is 5.56 Å². The maximum absolute atomic E-state index is 12.3. The zero-order valence-electron chi connectivity index (χ0n) is 10.2. The average Bonchev–Trinajstić information content (AvgIpc) is 2.35. The van der Waals surface area contributed by atoms with E-state index in [0.717, 1.165) is 12.8 Å². The second-order valence-electron chi connectivity index (χ2n) is 3.48. The van der Waals surface area contributed by atoms with Crippen molar-refractivity contribution in [2.24, 2.45) is 0 Å². The van der Waals surface area contributed by atoms with Gasteiger partial charge in [0.2, 0.25) is 0 Å². The van der Waals surface area contributed by atoms with Crippen LogP contribution in [0.3, 0.4) is 0 Å². The molecular weight excluding hydrogens is 303 g/mol. The summed E-state index contributed by atoms with van der Waals surface area (Å²) in [7, 11) is -3.89. The number of benzene rings is 1. The number of halogens is 5. The fourth-order valence-corrected chi connectivity index (χ4v) is 2.78. The summed E-state index contributed by atoms with van der Waals surface area (Å²) in [6.07, 6.45) is -3.98. The first-order chi connectivity index (χ1) is 9.26. The molecule has 0 saturated heterocycles. The first-order valence-corrected chi connectivity index (χ1v) is 7.09. The van der Waals surface area contributed by atoms with Gasteiger partial charge < -0.3 is 8.85 Å². The van der Waals surface area contributed by atoms with Crippen LogP contribution >= 0.6 is 0 Å². The Morgan fingerprint density at radius 2 is 1.75 bits per heavy atom. The van der Waals surface area contributed by atoms with Crippen molar-refractivity contribution in [3.05, 3.63) is 41.6 Å². The summed E-state index contributed by atoms with van der Waals surface area (Å²) in [6, 6.07) is 8.10. The van der Waals surface area contributed by atoms with Crippen LogP contribution < -0.4 is 0 Å². The minimum atomic E-state index is -5.15. The van der Waals surface area contributed by atoms with Gasteiger partial charge in [-0.3, -0.25) is 4.43 Å². The normalized spacial score (nSPS) is 15.8. The van der Waals surface area contributed by atoms with Crippen molar-refractivity contribution in [2.75, 3.05) is 7.11 Å². The Kier molecular flexibility index (Phi) is 5.81. The predicted molar refractivity (Wildman–Crippen MR) is 62.5 cm³/mol. The third-order valence-electron chi connectivity index (χ3n) is 2.08. The van der Waals surface area contributed by atoms with Crippen molar-refractivity contribution in [3.8, 4) is 0 Å². The Morgan fingerprint density at radius 1 is 1.15 bits per heavy atom. The second kappa shape index (κ2) is 6.93. The van der Waals surface area contributed by atoms with Crippen molar-refractivity contribution < 1.29 is 35.2 Å². The number of hydrogen-bond donors (Lipinski definition) is 0. The van der Waals surface area contributed by atoms with Gasteiger partial charge in [-0.05, 0) is 11.3 Å². The summed E-state index contributed by atoms with van der Waals surface area (Å²) in [6.45, 7) is -3.45. The van der Waals surface area contributed by atoms with E-state index < -0.39 is 21.8 Å². The lowest BCUT2D eigenvalue weighted by Gasteiger charge is -2.25. The molecule has 0 aliphatic heterocycles. The van der Waals surface area contributed by atoms with E-state index in [1.165, 1.54) is 6.08 Å². The van der Waals surface area contributed by atoms with Crippen LogP contribution in [0.4, 0.5) is 22.0 Å². The van der Waals surface area contributed by atoms with Gasteiger partial charge in [0.25, 0.3) is 0 Å². The molecule has 0 saturated carbocycles. The molecular formula is C11H11F5O3Si.